The number of carbonyl (C=O) groups is 1. The zero-order valence-corrected chi connectivity index (χ0v) is 10.5. The second-order valence-electron chi connectivity index (χ2n) is 3.55. The third-order valence-corrected chi connectivity index (χ3v) is 5.34. The van der Waals surface area contributed by atoms with Crippen molar-refractivity contribution in [3.05, 3.63) is 17.7 Å². The van der Waals surface area contributed by atoms with Crippen molar-refractivity contribution in [2.45, 2.75) is 12.2 Å². The van der Waals surface area contributed by atoms with Gasteiger partial charge in [0.1, 0.15) is 11.5 Å². The van der Waals surface area contributed by atoms with Crippen molar-refractivity contribution in [1.29, 1.82) is 0 Å². The first-order chi connectivity index (χ1) is 7.20. The van der Waals surface area contributed by atoms with E-state index in [9.17, 15) is 4.79 Å². The molecule has 1 saturated heterocycles. The Hall–Kier alpha value is -0.420. The molecule has 15 heavy (non-hydrogen) atoms. The molecule has 1 aromatic heterocycles. The van der Waals surface area contributed by atoms with Gasteiger partial charge in [0, 0.05) is 24.3 Å². The summed E-state index contributed by atoms with van der Waals surface area (Å²) in [6, 6.07) is 0. The highest BCUT2D eigenvalue weighted by Gasteiger charge is 2.25. The molecule has 2 rings (SSSR count). The first kappa shape index (κ1) is 11.1. The van der Waals surface area contributed by atoms with Gasteiger partial charge >= 0.3 is 0 Å². The largest absolute Gasteiger partial charge is 0.329 e. The summed E-state index contributed by atoms with van der Waals surface area (Å²) in [5.74, 6) is 4.31. The zero-order valence-electron chi connectivity index (χ0n) is 8.90. The molecule has 0 bridgehead atoms. The lowest BCUT2D eigenvalue weighted by molar-refractivity contribution is 0.0987. The molecule has 0 aliphatic carbocycles. The highest BCUT2D eigenvalue weighted by Crippen LogP contribution is 2.26. The Labute approximate surface area is 98.0 Å². The van der Waals surface area contributed by atoms with E-state index >= 15 is 0 Å². The number of carbonyl (C=O) groups excluding carboxylic acids is 1. The van der Waals surface area contributed by atoms with E-state index < -0.39 is 0 Å². The summed E-state index contributed by atoms with van der Waals surface area (Å²) in [7, 11) is 1.90. The Kier molecular flexibility index (Phi) is 3.41. The molecule has 1 aromatic rings. The maximum Gasteiger partial charge on any atom is 0.194 e. The molecule has 3 nitrogen and oxygen atoms in total. The smallest absolute Gasteiger partial charge is 0.194 e. The predicted molar refractivity (Wildman–Crippen MR) is 65.8 cm³/mol. The van der Waals surface area contributed by atoms with E-state index in [1.807, 2.05) is 30.3 Å². The van der Waals surface area contributed by atoms with Crippen molar-refractivity contribution in [3.8, 4) is 0 Å². The highest BCUT2D eigenvalue weighted by atomic mass is 32.2. The Morgan fingerprint density at radius 1 is 1.60 bits per heavy atom. The molecule has 0 aromatic carbocycles. The van der Waals surface area contributed by atoms with Gasteiger partial charge in [0.05, 0.1) is 11.4 Å². The lowest BCUT2D eigenvalue weighted by atomic mass is 10.2. The van der Waals surface area contributed by atoms with Gasteiger partial charge in [-0.15, -0.1) is 11.8 Å². The van der Waals surface area contributed by atoms with Crippen molar-refractivity contribution in [2.75, 3.05) is 17.3 Å². The monoisotopic (exact) mass is 242 g/mol. The van der Waals surface area contributed by atoms with Gasteiger partial charge in [0.25, 0.3) is 0 Å². The molecular formula is C10H14N2OS2. The van der Waals surface area contributed by atoms with Crippen LogP contribution in [0.4, 0.5) is 0 Å². The molecule has 1 aliphatic heterocycles. The van der Waals surface area contributed by atoms with Crippen LogP contribution in [0.25, 0.3) is 0 Å². The molecule has 5 heteroatoms. The number of rotatable bonds is 2. The van der Waals surface area contributed by atoms with Crippen molar-refractivity contribution in [3.63, 3.8) is 0 Å². The van der Waals surface area contributed by atoms with Gasteiger partial charge < -0.3 is 4.57 Å². The van der Waals surface area contributed by atoms with Crippen LogP contribution in [0.5, 0.6) is 0 Å². The van der Waals surface area contributed by atoms with Crippen molar-refractivity contribution >= 4 is 29.3 Å². The molecule has 1 fully saturated rings. The van der Waals surface area contributed by atoms with E-state index in [0.29, 0.717) is 0 Å². The normalized spacial score (nSPS) is 21.6. The van der Waals surface area contributed by atoms with Crippen LogP contribution in [0.3, 0.4) is 0 Å². The Bertz CT molecular complexity index is 369. The van der Waals surface area contributed by atoms with Crippen LogP contribution in [0, 0.1) is 6.92 Å². The number of hydrogen-bond donors (Lipinski definition) is 0. The number of aromatic nitrogens is 2. The zero-order chi connectivity index (χ0) is 10.8. The quantitative estimate of drug-likeness (QED) is 0.740. The summed E-state index contributed by atoms with van der Waals surface area (Å²) in [6.45, 7) is 1.92. The number of thioether (sulfide) groups is 2. The average molecular weight is 242 g/mol. The average Bonchev–Trinajstić information content (AvgIpc) is 2.60. The van der Waals surface area contributed by atoms with E-state index in [-0.39, 0.29) is 11.0 Å². The van der Waals surface area contributed by atoms with Gasteiger partial charge in [-0.2, -0.15) is 11.8 Å². The number of hydrogen-bond acceptors (Lipinski definition) is 4. The molecule has 0 radical (unpaired) electrons. The van der Waals surface area contributed by atoms with Gasteiger partial charge in [0.2, 0.25) is 0 Å². The fourth-order valence-electron chi connectivity index (χ4n) is 1.54. The molecular weight excluding hydrogens is 228 g/mol. The predicted octanol–water partition coefficient (Wildman–Crippen LogP) is 1.76. The van der Waals surface area contributed by atoms with Gasteiger partial charge in [0.15, 0.2) is 5.78 Å². The van der Waals surface area contributed by atoms with Crippen LogP contribution >= 0.6 is 23.5 Å². The molecule has 1 unspecified atom stereocenters. The molecule has 82 valence electrons. The van der Waals surface area contributed by atoms with Crippen molar-refractivity contribution in [1.82, 2.24) is 9.55 Å². The minimum absolute atomic E-state index is 0.124. The van der Waals surface area contributed by atoms with Crippen LogP contribution in [-0.2, 0) is 7.05 Å². The minimum atomic E-state index is 0.124. The fraction of sp³-hybridized carbons (Fsp3) is 0.600. The molecule has 2 heterocycles. The van der Waals surface area contributed by atoms with Crippen LogP contribution in [-0.4, -0.2) is 37.8 Å². The Morgan fingerprint density at radius 3 is 2.93 bits per heavy atom. The van der Waals surface area contributed by atoms with E-state index in [1.165, 1.54) is 5.75 Å². The van der Waals surface area contributed by atoms with Crippen molar-refractivity contribution < 1.29 is 4.79 Å². The summed E-state index contributed by atoms with van der Waals surface area (Å²) >= 11 is 3.64. The van der Waals surface area contributed by atoms with Gasteiger partial charge in [-0.3, -0.25) is 4.79 Å². The minimum Gasteiger partial charge on any atom is -0.329 e. The summed E-state index contributed by atoms with van der Waals surface area (Å²) in [5.41, 5.74) is 0.743. The van der Waals surface area contributed by atoms with Gasteiger partial charge in [-0.25, -0.2) is 4.98 Å². The number of Topliss-reactive ketones (excluding diaryl/α,β-unsaturated/α-hetero) is 1. The van der Waals surface area contributed by atoms with Crippen LogP contribution in [0.15, 0.2) is 6.20 Å². The summed E-state index contributed by atoms with van der Waals surface area (Å²) in [4.78, 5) is 16.3. The summed E-state index contributed by atoms with van der Waals surface area (Å²) in [5, 5.41) is 0.124. The third-order valence-electron chi connectivity index (χ3n) is 2.58. The van der Waals surface area contributed by atoms with E-state index in [0.717, 1.165) is 23.0 Å². The first-order valence-corrected chi connectivity index (χ1v) is 7.12. The van der Waals surface area contributed by atoms with E-state index in [4.69, 9.17) is 0 Å². The SMILES string of the molecule is Cc1ncc(C(=O)C2CSCCS2)n1C. The van der Waals surface area contributed by atoms with E-state index in [1.54, 1.807) is 18.0 Å². The lowest BCUT2D eigenvalue weighted by Gasteiger charge is -2.19. The van der Waals surface area contributed by atoms with Gasteiger partial charge in [-0.1, -0.05) is 0 Å². The van der Waals surface area contributed by atoms with Crippen LogP contribution in [0.2, 0.25) is 0 Å². The molecule has 0 N–H and O–H groups in total. The molecule has 0 amide bonds. The maximum absolute atomic E-state index is 12.1. The Balaban J connectivity index is 2.16. The number of ketones is 1. The number of aryl methyl sites for hydroxylation is 1. The molecule has 1 atom stereocenters. The van der Waals surface area contributed by atoms with Crippen LogP contribution < -0.4 is 0 Å². The Morgan fingerprint density at radius 2 is 2.40 bits per heavy atom. The van der Waals surface area contributed by atoms with Gasteiger partial charge in [-0.05, 0) is 6.92 Å². The number of nitrogens with zero attached hydrogens (tertiary/aromatic N) is 2. The lowest BCUT2D eigenvalue weighted by Crippen LogP contribution is -2.26. The first-order valence-electron chi connectivity index (χ1n) is 4.92. The number of imidazole rings is 1. The second-order valence-corrected chi connectivity index (χ2v) is 6.01. The molecule has 1 aliphatic rings. The second kappa shape index (κ2) is 4.61. The topological polar surface area (TPSA) is 34.9 Å². The van der Waals surface area contributed by atoms with Crippen LogP contribution in [0.1, 0.15) is 16.3 Å². The molecule has 0 saturated carbocycles. The fourth-order valence-corrected chi connectivity index (χ4v) is 4.15. The molecule has 0 spiro atoms. The standard InChI is InChI=1S/C10H14N2OS2/c1-7-11-5-8(12(7)2)10(13)9-6-14-3-4-15-9/h5,9H,3-4,6H2,1-2H3. The third kappa shape index (κ3) is 2.23. The summed E-state index contributed by atoms with van der Waals surface area (Å²) < 4.78 is 1.88. The summed E-state index contributed by atoms with van der Waals surface area (Å²) in [6.07, 6.45) is 1.69. The maximum atomic E-state index is 12.1. The highest BCUT2D eigenvalue weighted by molar-refractivity contribution is 8.07. The van der Waals surface area contributed by atoms with Crippen molar-refractivity contribution in [2.24, 2.45) is 7.05 Å². The van der Waals surface area contributed by atoms with E-state index in [2.05, 4.69) is 4.98 Å².